The van der Waals surface area contributed by atoms with Crippen LogP contribution < -0.4 is 0 Å². The molecular weight excluding hydrogens is 152 g/mol. The number of hydrogen-bond donors (Lipinski definition) is 0. The van der Waals surface area contributed by atoms with Gasteiger partial charge in [0.15, 0.2) is 0 Å². The van der Waals surface area contributed by atoms with Crippen LogP contribution in [0.5, 0.6) is 0 Å². The Balaban J connectivity index is 3.09. The fraction of sp³-hybridized carbons (Fsp3) is 0.857. The van der Waals surface area contributed by atoms with Crippen LogP contribution in [0, 0.1) is 0 Å². The van der Waals surface area contributed by atoms with Crippen molar-refractivity contribution in [1.29, 1.82) is 0 Å². The number of ether oxygens (including phenoxy) is 1. The average Bonchev–Trinajstić information content (AvgIpc) is 1.97. The van der Waals surface area contributed by atoms with Gasteiger partial charge in [-0.2, -0.15) is 0 Å². The van der Waals surface area contributed by atoms with Crippen molar-refractivity contribution in [3.05, 3.63) is 0 Å². The van der Waals surface area contributed by atoms with Crippen LogP contribution >= 0.6 is 11.6 Å². The molecule has 0 aromatic rings. The van der Waals surface area contributed by atoms with Crippen LogP contribution in [0.15, 0.2) is 0 Å². The van der Waals surface area contributed by atoms with E-state index in [9.17, 15) is 4.79 Å². The first-order chi connectivity index (χ1) is 4.81. The third-order valence-electron chi connectivity index (χ3n) is 0.982. The summed E-state index contributed by atoms with van der Waals surface area (Å²) >= 11 is 5.37. The molecule has 2 nitrogen and oxygen atoms in total. The summed E-state index contributed by atoms with van der Waals surface area (Å²) in [5.74, 6) is 0.392. The average molecular weight is 165 g/mol. The minimum atomic E-state index is -0.137. The molecule has 0 bridgehead atoms. The number of carbonyl (C=O) groups is 1. The van der Waals surface area contributed by atoms with E-state index >= 15 is 0 Å². The van der Waals surface area contributed by atoms with Crippen molar-refractivity contribution in [3.63, 3.8) is 0 Å². The molecule has 0 fully saturated rings. The molecule has 0 rings (SSSR count). The van der Waals surface area contributed by atoms with Gasteiger partial charge in [0.2, 0.25) is 0 Å². The Hall–Kier alpha value is -0.240. The number of alkyl halides is 1. The maximum atomic E-state index is 10.7. The molecule has 0 N–H and O–H groups in total. The van der Waals surface area contributed by atoms with Crippen molar-refractivity contribution in [2.45, 2.75) is 26.2 Å². The first-order valence-corrected chi connectivity index (χ1v) is 4.06. The molecule has 0 saturated heterocycles. The standard InChI is InChI=1S/C7H13ClO2/c1-2-6-10-7(9)4-3-5-8/h2-6H2,1H3. The SMILES string of the molecule is CCCOC(=O)CCCCl. The molecule has 0 saturated carbocycles. The smallest absolute Gasteiger partial charge is 0.305 e. The molecule has 0 unspecified atom stereocenters. The van der Waals surface area contributed by atoms with Gasteiger partial charge in [0.1, 0.15) is 0 Å². The van der Waals surface area contributed by atoms with Crippen molar-refractivity contribution in [2.24, 2.45) is 0 Å². The number of carbonyl (C=O) groups excluding carboxylic acids is 1. The maximum absolute atomic E-state index is 10.7. The van der Waals surface area contributed by atoms with Gasteiger partial charge < -0.3 is 4.74 Å². The second kappa shape index (κ2) is 6.87. The van der Waals surface area contributed by atoms with Gasteiger partial charge in [0, 0.05) is 12.3 Å². The summed E-state index contributed by atoms with van der Waals surface area (Å²) in [5.41, 5.74) is 0. The first-order valence-electron chi connectivity index (χ1n) is 3.52. The summed E-state index contributed by atoms with van der Waals surface area (Å²) < 4.78 is 4.80. The second-order valence-corrected chi connectivity index (χ2v) is 2.39. The summed E-state index contributed by atoms with van der Waals surface area (Å²) in [5, 5.41) is 0. The van der Waals surface area contributed by atoms with Crippen molar-refractivity contribution in [3.8, 4) is 0 Å². The molecule has 0 aliphatic carbocycles. The topological polar surface area (TPSA) is 26.3 Å². The quantitative estimate of drug-likeness (QED) is 0.459. The third-order valence-corrected chi connectivity index (χ3v) is 1.25. The minimum absolute atomic E-state index is 0.137. The number of hydrogen-bond acceptors (Lipinski definition) is 2. The normalized spacial score (nSPS) is 9.40. The van der Waals surface area contributed by atoms with Gasteiger partial charge >= 0.3 is 5.97 Å². The maximum Gasteiger partial charge on any atom is 0.305 e. The fourth-order valence-electron chi connectivity index (χ4n) is 0.499. The highest BCUT2D eigenvalue weighted by Crippen LogP contribution is 1.95. The van der Waals surface area contributed by atoms with E-state index < -0.39 is 0 Å². The molecule has 0 aromatic carbocycles. The molecule has 0 aliphatic rings. The van der Waals surface area contributed by atoms with Crippen LogP contribution in [0.1, 0.15) is 26.2 Å². The van der Waals surface area contributed by atoms with E-state index in [0.717, 1.165) is 6.42 Å². The lowest BCUT2D eigenvalue weighted by atomic mass is 10.3. The second-order valence-electron chi connectivity index (χ2n) is 2.01. The van der Waals surface area contributed by atoms with E-state index in [1.54, 1.807) is 0 Å². The summed E-state index contributed by atoms with van der Waals surface area (Å²) in [6, 6.07) is 0. The Kier molecular flexibility index (Phi) is 6.71. The Labute approximate surface area is 66.5 Å². The van der Waals surface area contributed by atoms with Crippen molar-refractivity contribution in [2.75, 3.05) is 12.5 Å². The van der Waals surface area contributed by atoms with Gasteiger partial charge in [-0.1, -0.05) is 6.92 Å². The molecule has 0 aliphatic heterocycles. The Morgan fingerprint density at radius 1 is 1.60 bits per heavy atom. The van der Waals surface area contributed by atoms with Crippen LogP contribution in [0.3, 0.4) is 0 Å². The Bertz CT molecular complexity index is 83.6. The highest BCUT2D eigenvalue weighted by molar-refractivity contribution is 6.17. The predicted octanol–water partition coefficient (Wildman–Crippen LogP) is 1.96. The van der Waals surface area contributed by atoms with E-state index in [-0.39, 0.29) is 5.97 Å². The van der Waals surface area contributed by atoms with E-state index in [0.29, 0.717) is 25.3 Å². The van der Waals surface area contributed by atoms with Crippen molar-refractivity contribution < 1.29 is 9.53 Å². The molecule has 0 heterocycles. The molecule has 60 valence electrons. The summed E-state index contributed by atoms with van der Waals surface area (Å²) in [6.07, 6.45) is 2.04. The lowest BCUT2D eigenvalue weighted by Gasteiger charge is -1.99. The van der Waals surface area contributed by atoms with Gasteiger partial charge in [0.05, 0.1) is 6.61 Å². The molecular formula is C7H13ClO2. The third kappa shape index (κ3) is 5.89. The molecule has 3 heteroatoms. The van der Waals surface area contributed by atoms with Gasteiger partial charge in [-0.05, 0) is 12.8 Å². The van der Waals surface area contributed by atoms with Gasteiger partial charge in [-0.15, -0.1) is 11.6 Å². The highest BCUT2D eigenvalue weighted by Gasteiger charge is 1.99. The van der Waals surface area contributed by atoms with Crippen molar-refractivity contribution in [1.82, 2.24) is 0 Å². The van der Waals surface area contributed by atoms with Gasteiger partial charge in [-0.25, -0.2) is 0 Å². The summed E-state index contributed by atoms with van der Waals surface area (Å²) in [7, 11) is 0. The van der Waals surface area contributed by atoms with Crippen LogP contribution in [0.2, 0.25) is 0 Å². The van der Waals surface area contributed by atoms with Gasteiger partial charge in [0.25, 0.3) is 0 Å². The first kappa shape index (κ1) is 9.76. The van der Waals surface area contributed by atoms with E-state index in [1.807, 2.05) is 6.92 Å². The zero-order chi connectivity index (χ0) is 7.82. The minimum Gasteiger partial charge on any atom is -0.466 e. The van der Waals surface area contributed by atoms with Crippen molar-refractivity contribution >= 4 is 17.6 Å². The number of halogens is 1. The fourth-order valence-corrected chi connectivity index (χ4v) is 0.633. The summed E-state index contributed by atoms with van der Waals surface area (Å²) in [6.45, 7) is 2.50. The lowest BCUT2D eigenvalue weighted by molar-refractivity contribution is -0.143. The molecule has 0 spiro atoms. The van der Waals surface area contributed by atoms with E-state index in [2.05, 4.69) is 0 Å². The Morgan fingerprint density at radius 2 is 2.30 bits per heavy atom. The predicted molar refractivity (Wildman–Crippen MR) is 41.2 cm³/mol. The number of esters is 1. The van der Waals surface area contributed by atoms with Crippen LogP contribution in [0.25, 0.3) is 0 Å². The van der Waals surface area contributed by atoms with Gasteiger partial charge in [-0.3, -0.25) is 4.79 Å². The number of rotatable bonds is 5. The van der Waals surface area contributed by atoms with E-state index in [1.165, 1.54) is 0 Å². The zero-order valence-corrected chi connectivity index (χ0v) is 6.99. The zero-order valence-electron chi connectivity index (χ0n) is 6.23. The lowest BCUT2D eigenvalue weighted by Crippen LogP contribution is -2.04. The van der Waals surface area contributed by atoms with Crippen LogP contribution in [-0.2, 0) is 9.53 Å². The molecule has 0 aromatic heterocycles. The van der Waals surface area contributed by atoms with Crippen LogP contribution in [-0.4, -0.2) is 18.5 Å². The highest BCUT2D eigenvalue weighted by atomic mass is 35.5. The largest absolute Gasteiger partial charge is 0.466 e. The van der Waals surface area contributed by atoms with Crippen LogP contribution in [0.4, 0.5) is 0 Å². The molecule has 0 amide bonds. The van der Waals surface area contributed by atoms with E-state index in [4.69, 9.17) is 16.3 Å². The Morgan fingerprint density at radius 3 is 2.80 bits per heavy atom. The molecule has 0 atom stereocenters. The summed E-state index contributed by atoms with van der Waals surface area (Å²) in [4.78, 5) is 10.7. The molecule has 10 heavy (non-hydrogen) atoms. The molecule has 0 radical (unpaired) electrons. The monoisotopic (exact) mass is 164 g/mol.